The first-order valence-corrected chi connectivity index (χ1v) is 7.94. The summed E-state index contributed by atoms with van der Waals surface area (Å²) in [5, 5.41) is 9.14. The van der Waals surface area contributed by atoms with Gasteiger partial charge in [0.05, 0.1) is 11.4 Å². The second-order valence-corrected chi connectivity index (χ2v) is 6.08. The number of halogens is 2. The molecule has 7 heteroatoms. The zero-order valence-electron chi connectivity index (χ0n) is 12.3. The Morgan fingerprint density at radius 2 is 1.88 bits per heavy atom. The predicted molar refractivity (Wildman–Crippen MR) is 92.6 cm³/mol. The van der Waals surface area contributed by atoms with Gasteiger partial charge in [0.15, 0.2) is 12.1 Å². The minimum Gasteiger partial charge on any atom is -0.294 e. The van der Waals surface area contributed by atoms with Gasteiger partial charge in [0, 0.05) is 21.2 Å². The lowest BCUT2D eigenvalue weighted by Gasteiger charge is -2.13. The quantitative estimate of drug-likeness (QED) is 0.657. The Morgan fingerprint density at radius 1 is 1.04 bits per heavy atom. The van der Waals surface area contributed by atoms with Crippen LogP contribution in [0.4, 0.5) is 0 Å². The SMILES string of the molecule is O=Cc1nnc2n1-c1ccc(Cl)cc1C(c1ccccc1Cl)=NC2. The maximum absolute atomic E-state index is 11.3. The van der Waals surface area contributed by atoms with Crippen molar-refractivity contribution in [2.24, 2.45) is 4.99 Å². The number of benzene rings is 2. The largest absolute Gasteiger partial charge is 0.294 e. The molecule has 1 aromatic heterocycles. The van der Waals surface area contributed by atoms with Crippen molar-refractivity contribution in [2.75, 3.05) is 0 Å². The van der Waals surface area contributed by atoms with Crippen LogP contribution in [-0.4, -0.2) is 26.8 Å². The highest BCUT2D eigenvalue weighted by molar-refractivity contribution is 6.36. The molecule has 0 spiro atoms. The average Bonchev–Trinajstić information content (AvgIpc) is 2.93. The van der Waals surface area contributed by atoms with Gasteiger partial charge in [0.25, 0.3) is 0 Å². The van der Waals surface area contributed by atoms with Crippen LogP contribution in [0.2, 0.25) is 10.0 Å². The number of aldehydes is 1. The van der Waals surface area contributed by atoms with Crippen molar-refractivity contribution in [1.82, 2.24) is 14.8 Å². The van der Waals surface area contributed by atoms with Crippen LogP contribution < -0.4 is 0 Å². The zero-order chi connectivity index (χ0) is 16.7. The summed E-state index contributed by atoms with van der Waals surface area (Å²) in [6, 6.07) is 12.9. The number of fused-ring (bicyclic) bond motifs is 3. The molecular weight excluding hydrogens is 347 g/mol. The van der Waals surface area contributed by atoms with Gasteiger partial charge in [-0.3, -0.25) is 14.4 Å². The van der Waals surface area contributed by atoms with Crippen molar-refractivity contribution in [3.63, 3.8) is 0 Å². The number of nitrogens with zero attached hydrogens (tertiary/aromatic N) is 4. The van der Waals surface area contributed by atoms with Gasteiger partial charge >= 0.3 is 0 Å². The minimum atomic E-state index is 0.226. The van der Waals surface area contributed by atoms with E-state index in [2.05, 4.69) is 15.2 Å². The molecule has 3 aromatic rings. The van der Waals surface area contributed by atoms with Gasteiger partial charge in [-0.25, -0.2) is 0 Å². The molecule has 0 atom stereocenters. The number of rotatable bonds is 2. The van der Waals surface area contributed by atoms with E-state index in [1.807, 2.05) is 36.4 Å². The lowest BCUT2D eigenvalue weighted by atomic mass is 10.0. The van der Waals surface area contributed by atoms with Gasteiger partial charge in [-0.1, -0.05) is 41.4 Å². The van der Waals surface area contributed by atoms with E-state index in [1.54, 1.807) is 10.6 Å². The molecule has 0 saturated carbocycles. The first-order valence-electron chi connectivity index (χ1n) is 7.18. The Balaban J connectivity index is 2.03. The Labute approximate surface area is 147 Å². The number of carbonyl (C=O) groups is 1. The van der Waals surface area contributed by atoms with E-state index >= 15 is 0 Å². The molecule has 0 saturated heterocycles. The fraction of sp³-hybridized carbons (Fsp3) is 0.0588. The van der Waals surface area contributed by atoms with Gasteiger partial charge in [0.2, 0.25) is 5.82 Å². The molecule has 4 rings (SSSR count). The van der Waals surface area contributed by atoms with Crippen molar-refractivity contribution in [1.29, 1.82) is 0 Å². The fourth-order valence-electron chi connectivity index (χ4n) is 2.78. The van der Waals surface area contributed by atoms with E-state index in [9.17, 15) is 4.79 Å². The monoisotopic (exact) mass is 356 g/mol. The number of hydrogen-bond acceptors (Lipinski definition) is 4. The normalized spacial score (nSPS) is 12.8. The Bertz CT molecular complexity index is 994. The van der Waals surface area contributed by atoms with Gasteiger partial charge < -0.3 is 0 Å². The minimum absolute atomic E-state index is 0.226. The molecular formula is C17H10Cl2N4O. The number of hydrogen-bond donors (Lipinski definition) is 0. The molecule has 0 aliphatic carbocycles. The second kappa shape index (κ2) is 5.85. The summed E-state index contributed by atoms with van der Waals surface area (Å²) >= 11 is 12.6. The molecule has 118 valence electrons. The highest BCUT2D eigenvalue weighted by Gasteiger charge is 2.23. The fourth-order valence-corrected chi connectivity index (χ4v) is 3.18. The summed E-state index contributed by atoms with van der Waals surface area (Å²) < 4.78 is 1.70. The maximum atomic E-state index is 11.3. The van der Waals surface area contributed by atoms with Crippen LogP contribution in [-0.2, 0) is 6.54 Å². The molecule has 0 radical (unpaired) electrons. The van der Waals surface area contributed by atoms with Crippen molar-refractivity contribution in [2.45, 2.75) is 6.54 Å². The highest BCUT2D eigenvalue weighted by Crippen LogP contribution is 2.30. The first-order chi connectivity index (χ1) is 11.7. The van der Waals surface area contributed by atoms with Gasteiger partial charge in [-0.15, -0.1) is 10.2 Å². The van der Waals surface area contributed by atoms with Gasteiger partial charge in [-0.2, -0.15) is 0 Å². The zero-order valence-corrected chi connectivity index (χ0v) is 13.8. The molecule has 0 fully saturated rings. The molecule has 0 unspecified atom stereocenters. The van der Waals surface area contributed by atoms with E-state index < -0.39 is 0 Å². The van der Waals surface area contributed by atoms with Crippen molar-refractivity contribution < 1.29 is 4.79 Å². The molecule has 2 aromatic carbocycles. The van der Waals surface area contributed by atoms with E-state index in [1.165, 1.54) is 0 Å². The molecule has 1 aliphatic rings. The molecule has 0 N–H and O–H groups in total. The summed E-state index contributed by atoms with van der Waals surface area (Å²) in [7, 11) is 0. The number of carbonyl (C=O) groups excluding carboxylic acids is 1. The van der Waals surface area contributed by atoms with Gasteiger partial charge in [-0.05, 0) is 24.3 Å². The second-order valence-electron chi connectivity index (χ2n) is 5.23. The molecule has 1 aliphatic heterocycles. The van der Waals surface area contributed by atoms with Crippen LogP contribution in [0.1, 0.15) is 27.6 Å². The van der Waals surface area contributed by atoms with Crippen LogP contribution in [0.15, 0.2) is 47.5 Å². The Kier molecular flexibility index (Phi) is 3.67. The summed E-state index contributed by atoms with van der Waals surface area (Å²) in [5.41, 5.74) is 3.03. The van der Waals surface area contributed by atoms with E-state index in [0.717, 1.165) is 16.8 Å². The van der Waals surface area contributed by atoms with E-state index in [-0.39, 0.29) is 12.4 Å². The summed E-state index contributed by atoms with van der Waals surface area (Å²) in [5.74, 6) is 0.812. The van der Waals surface area contributed by atoms with Crippen LogP contribution in [0.5, 0.6) is 0 Å². The highest BCUT2D eigenvalue weighted by atomic mass is 35.5. The van der Waals surface area contributed by atoms with Crippen molar-refractivity contribution in [3.05, 3.63) is 75.3 Å². The van der Waals surface area contributed by atoms with Crippen LogP contribution in [0.3, 0.4) is 0 Å². The summed E-state index contributed by atoms with van der Waals surface area (Å²) in [4.78, 5) is 16.0. The lowest BCUT2D eigenvalue weighted by Crippen LogP contribution is -2.09. The molecule has 2 heterocycles. The van der Waals surface area contributed by atoms with Crippen LogP contribution >= 0.6 is 23.2 Å². The Morgan fingerprint density at radius 3 is 2.67 bits per heavy atom. The molecule has 24 heavy (non-hydrogen) atoms. The predicted octanol–water partition coefficient (Wildman–Crippen LogP) is 3.74. The molecule has 0 bridgehead atoms. The lowest BCUT2D eigenvalue weighted by molar-refractivity contribution is 0.111. The molecule has 0 amide bonds. The first kappa shape index (κ1) is 15.1. The van der Waals surface area contributed by atoms with Crippen LogP contribution in [0.25, 0.3) is 5.69 Å². The maximum Gasteiger partial charge on any atom is 0.201 e. The average molecular weight is 357 g/mol. The third-order valence-corrected chi connectivity index (χ3v) is 4.39. The van der Waals surface area contributed by atoms with Crippen molar-refractivity contribution >= 4 is 35.2 Å². The number of aromatic nitrogens is 3. The van der Waals surface area contributed by atoms with E-state index in [0.29, 0.717) is 27.9 Å². The van der Waals surface area contributed by atoms with Crippen molar-refractivity contribution in [3.8, 4) is 5.69 Å². The summed E-state index contributed by atoms with van der Waals surface area (Å²) in [6.07, 6.45) is 0.676. The van der Waals surface area contributed by atoms with Gasteiger partial charge in [0.1, 0.15) is 6.54 Å². The third kappa shape index (κ3) is 2.33. The topological polar surface area (TPSA) is 60.1 Å². The summed E-state index contributed by atoms with van der Waals surface area (Å²) in [6.45, 7) is 0.285. The van der Waals surface area contributed by atoms with Crippen LogP contribution in [0, 0.1) is 0 Å². The standard InChI is InChI=1S/C17H10Cl2N4O/c18-10-5-6-14-12(7-10)17(11-3-1-2-4-13(11)19)20-8-15-21-22-16(9-24)23(14)15/h1-7,9H,8H2. The molecule has 5 nitrogen and oxygen atoms in total. The Hall–Kier alpha value is -2.50. The van der Waals surface area contributed by atoms with E-state index in [4.69, 9.17) is 23.2 Å². The third-order valence-electron chi connectivity index (χ3n) is 3.82. The smallest absolute Gasteiger partial charge is 0.201 e. The number of aliphatic imine (C=N–C) groups is 1.